The Balaban J connectivity index is 2.03. The van der Waals surface area contributed by atoms with Gasteiger partial charge in [0.15, 0.2) is 5.01 Å². The highest BCUT2D eigenvalue weighted by Gasteiger charge is 2.28. The summed E-state index contributed by atoms with van der Waals surface area (Å²) < 4.78 is 0. The Morgan fingerprint density at radius 1 is 1.27 bits per heavy atom. The van der Waals surface area contributed by atoms with Gasteiger partial charge < -0.3 is 5.73 Å². The number of hydrogen-bond acceptors (Lipinski definition) is 6. The van der Waals surface area contributed by atoms with E-state index >= 15 is 0 Å². The zero-order chi connectivity index (χ0) is 10.4. The number of aryl methyl sites for hydroxylation is 1. The Morgan fingerprint density at radius 2 is 2.07 bits per heavy atom. The van der Waals surface area contributed by atoms with Gasteiger partial charge in [0, 0.05) is 5.92 Å². The maximum atomic E-state index is 5.57. The van der Waals surface area contributed by atoms with E-state index in [0.29, 0.717) is 11.0 Å². The average molecular weight is 238 g/mol. The number of hydrogen-bond donors (Lipinski definition) is 1. The molecule has 3 rings (SSSR count). The Kier molecular flexibility index (Phi) is 2.00. The van der Waals surface area contributed by atoms with E-state index in [-0.39, 0.29) is 0 Å². The van der Waals surface area contributed by atoms with Crippen LogP contribution >= 0.6 is 22.7 Å². The van der Waals surface area contributed by atoms with Crippen LogP contribution in [0.3, 0.4) is 0 Å². The second-order valence-electron chi connectivity index (χ2n) is 3.69. The second-order valence-corrected chi connectivity index (χ2v) is 5.73. The summed E-state index contributed by atoms with van der Waals surface area (Å²) in [4.78, 5) is 5.71. The molecule has 2 aromatic rings. The van der Waals surface area contributed by atoms with Crippen molar-refractivity contribution in [2.24, 2.45) is 0 Å². The number of anilines is 1. The summed E-state index contributed by atoms with van der Waals surface area (Å²) in [5.74, 6) is 0.702. The Morgan fingerprint density at radius 3 is 2.67 bits per heavy atom. The second kappa shape index (κ2) is 3.24. The fraction of sp³-hybridized carbons (Fsp3) is 0.444. The summed E-state index contributed by atoms with van der Waals surface area (Å²) in [6.07, 6.45) is 2.56. The van der Waals surface area contributed by atoms with Crippen molar-refractivity contribution in [3.63, 3.8) is 0 Å². The Hall–Kier alpha value is -1.01. The lowest BCUT2D eigenvalue weighted by Crippen LogP contribution is -1.80. The van der Waals surface area contributed by atoms with Gasteiger partial charge >= 0.3 is 0 Å². The molecular formula is C9H10N4S2. The van der Waals surface area contributed by atoms with Crippen molar-refractivity contribution < 1.29 is 0 Å². The molecule has 2 aromatic heterocycles. The lowest BCUT2D eigenvalue weighted by molar-refractivity contribution is 1.05. The number of rotatable bonds is 2. The molecule has 0 unspecified atom stereocenters. The molecular weight excluding hydrogens is 228 g/mol. The smallest absolute Gasteiger partial charge is 0.203 e. The molecule has 1 fully saturated rings. The molecule has 2 heterocycles. The van der Waals surface area contributed by atoms with E-state index in [1.165, 1.54) is 29.2 Å². The third-order valence-corrected chi connectivity index (χ3v) is 4.60. The van der Waals surface area contributed by atoms with E-state index < -0.39 is 0 Å². The van der Waals surface area contributed by atoms with E-state index in [1.54, 1.807) is 11.3 Å². The first-order valence-electron chi connectivity index (χ1n) is 4.80. The molecule has 78 valence electrons. The van der Waals surface area contributed by atoms with E-state index in [2.05, 4.69) is 15.2 Å². The number of thiazole rings is 1. The summed E-state index contributed by atoms with van der Waals surface area (Å²) in [6, 6.07) is 0. The molecule has 0 radical (unpaired) electrons. The molecule has 4 nitrogen and oxygen atoms in total. The van der Waals surface area contributed by atoms with Crippen molar-refractivity contribution in [3.8, 4) is 9.88 Å². The lowest BCUT2D eigenvalue weighted by atomic mass is 10.4. The van der Waals surface area contributed by atoms with Crippen molar-refractivity contribution in [1.29, 1.82) is 0 Å². The minimum Gasteiger partial charge on any atom is -0.374 e. The van der Waals surface area contributed by atoms with E-state index in [9.17, 15) is 0 Å². The highest BCUT2D eigenvalue weighted by molar-refractivity contribution is 7.23. The molecule has 0 aromatic carbocycles. The normalized spacial score (nSPS) is 15.8. The van der Waals surface area contributed by atoms with E-state index in [0.717, 1.165) is 15.6 Å². The molecule has 15 heavy (non-hydrogen) atoms. The van der Waals surface area contributed by atoms with E-state index in [4.69, 9.17) is 5.73 Å². The molecule has 0 bridgehead atoms. The first-order chi connectivity index (χ1) is 7.24. The first kappa shape index (κ1) is 9.23. The predicted octanol–water partition coefficient (Wildman–Crippen LogP) is 2.43. The van der Waals surface area contributed by atoms with Crippen LogP contribution in [0.5, 0.6) is 0 Å². The minimum absolute atomic E-state index is 0.519. The molecule has 1 aliphatic rings. The van der Waals surface area contributed by atoms with Crippen LogP contribution in [0.15, 0.2) is 0 Å². The molecule has 0 saturated heterocycles. The molecule has 1 aliphatic carbocycles. The fourth-order valence-electron chi connectivity index (χ4n) is 1.45. The first-order valence-corrected chi connectivity index (χ1v) is 6.44. The van der Waals surface area contributed by atoms with Crippen LogP contribution in [0.2, 0.25) is 0 Å². The molecule has 0 atom stereocenters. The summed E-state index contributed by atoms with van der Waals surface area (Å²) in [6.45, 7) is 2.02. The topological polar surface area (TPSA) is 64.7 Å². The highest BCUT2D eigenvalue weighted by Crippen LogP contribution is 2.45. The van der Waals surface area contributed by atoms with Crippen LogP contribution in [0.4, 0.5) is 5.13 Å². The van der Waals surface area contributed by atoms with Gasteiger partial charge in [-0.1, -0.05) is 11.3 Å². The van der Waals surface area contributed by atoms with Crippen LogP contribution in [-0.4, -0.2) is 15.2 Å². The van der Waals surface area contributed by atoms with Crippen LogP contribution < -0.4 is 5.73 Å². The maximum Gasteiger partial charge on any atom is 0.203 e. The van der Waals surface area contributed by atoms with Gasteiger partial charge in [0.1, 0.15) is 0 Å². The molecule has 0 aliphatic heterocycles. The van der Waals surface area contributed by atoms with Gasteiger partial charge in [-0.15, -0.1) is 21.5 Å². The van der Waals surface area contributed by atoms with Gasteiger partial charge in [-0.2, -0.15) is 0 Å². The standard InChI is InChI=1S/C9H10N4S2/c1-4-6(8-12-13-9(10)15-8)14-7(11-4)5-2-3-5/h5H,2-3H2,1H3,(H2,10,13). The largest absolute Gasteiger partial charge is 0.374 e. The zero-order valence-corrected chi connectivity index (χ0v) is 9.86. The van der Waals surface area contributed by atoms with Crippen molar-refractivity contribution >= 4 is 27.8 Å². The SMILES string of the molecule is Cc1nc(C2CC2)sc1-c1nnc(N)s1. The molecule has 2 N–H and O–H groups in total. The molecule has 0 spiro atoms. The third-order valence-electron chi connectivity index (χ3n) is 2.37. The summed E-state index contributed by atoms with van der Waals surface area (Å²) in [5, 5.41) is 10.5. The van der Waals surface area contributed by atoms with Gasteiger partial charge in [-0.25, -0.2) is 4.98 Å². The van der Waals surface area contributed by atoms with Gasteiger partial charge in [-0.3, -0.25) is 0 Å². The summed E-state index contributed by atoms with van der Waals surface area (Å²) in [5.41, 5.74) is 6.63. The maximum absolute atomic E-state index is 5.57. The lowest BCUT2D eigenvalue weighted by Gasteiger charge is -1.87. The van der Waals surface area contributed by atoms with Crippen LogP contribution in [-0.2, 0) is 0 Å². The van der Waals surface area contributed by atoms with Crippen LogP contribution in [0.1, 0.15) is 29.5 Å². The van der Waals surface area contributed by atoms with Crippen LogP contribution in [0, 0.1) is 6.92 Å². The zero-order valence-electron chi connectivity index (χ0n) is 8.23. The van der Waals surface area contributed by atoms with Gasteiger partial charge in [0.25, 0.3) is 0 Å². The van der Waals surface area contributed by atoms with E-state index in [1.807, 2.05) is 6.92 Å². The van der Waals surface area contributed by atoms with Gasteiger partial charge in [-0.05, 0) is 19.8 Å². The number of nitrogen functional groups attached to an aromatic ring is 1. The van der Waals surface area contributed by atoms with Gasteiger partial charge in [0.05, 0.1) is 15.6 Å². The van der Waals surface area contributed by atoms with Crippen LogP contribution in [0.25, 0.3) is 9.88 Å². The summed E-state index contributed by atoms with van der Waals surface area (Å²) >= 11 is 3.16. The van der Waals surface area contributed by atoms with Crippen molar-refractivity contribution in [1.82, 2.24) is 15.2 Å². The average Bonchev–Trinajstić information content (AvgIpc) is 2.86. The quantitative estimate of drug-likeness (QED) is 0.872. The fourth-order valence-corrected chi connectivity index (χ4v) is 3.41. The van der Waals surface area contributed by atoms with Crippen molar-refractivity contribution in [2.45, 2.75) is 25.7 Å². The molecule has 6 heteroatoms. The number of nitrogens with zero attached hydrogens (tertiary/aromatic N) is 3. The number of nitrogens with two attached hydrogens (primary N) is 1. The summed E-state index contributed by atoms with van der Waals surface area (Å²) in [7, 11) is 0. The third kappa shape index (κ3) is 1.63. The minimum atomic E-state index is 0.519. The highest BCUT2D eigenvalue weighted by atomic mass is 32.1. The Bertz CT molecular complexity index is 498. The number of aromatic nitrogens is 3. The Labute approximate surface area is 95.2 Å². The van der Waals surface area contributed by atoms with Crippen molar-refractivity contribution in [3.05, 3.63) is 10.7 Å². The van der Waals surface area contributed by atoms with Gasteiger partial charge in [0.2, 0.25) is 5.13 Å². The molecule has 1 saturated carbocycles. The monoisotopic (exact) mass is 238 g/mol. The van der Waals surface area contributed by atoms with Crippen molar-refractivity contribution in [2.75, 3.05) is 5.73 Å². The predicted molar refractivity (Wildman–Crippen MR) is 62.1 cm³/mol. The molecule has 0 amide bonds.